The lowest BCUT2D eigenvalue weighted by atomic mass is 9.86. The van der Waals surface area contributed by atoms with Crippen LogP contribution in [0.2, 0.25) is 0 Å². The van der Waals surface area contributed by atoms with E-state index in [2.05, 4.69) is 87.5 Å². The maximum Gasteiger partial charge on any atom is 0.143 e. The Morgan fingerprint density at radius 1 is 0.593 bits per heavy atom. The molecule has 260 valence electrons. The Morgan fingerprint density at radius 2 is 1.17 bits per heavy atom. The molecule has 0 saturated carbocycles. The third kappa shape index (κ3) is 5.21. The van der Waals surface area contributed by atoms with Gasteiger partial charge in [-0.15, -0.1) is 11.3 Å². The standard InChI is InChI=1S/C48H34N2O3S/c1-48(2,3)29-22-25-40(51)28(26-29)27-49-39-19-7-4-14-38(39)47-50-43-32(35-17-10-15-33-30-12-5-8-20-41(30)52-44(33)35)23-24-37(46(43)54-47)36-18-11-16-34-31-13-6-9-21-42(31)53-45(34)36/h4-27,51H,1-3H3. The van der Waals surface area contributed by atoms with Crippen LogP contribution in [0.25, 0.3) is 86.9 Å². The van der Waals surface area contributed by atoms with Crippen LogP contribution in [0.3, 0.4) is 0 Å². The summed E-state index contributed by atoms with van der Waals surface area (Å²) in [5.74, 6) is 0.193. The van der Waals surface area contributed by atoms with Gasteiger partial charge in [0.15, 0.2) is 0 Å². The fourth-order valence-electron chi connectivity index (χ4n) is 7.50. The van der Waals surface area contributed by atoms with Gasteiger partial charge in [-0.3, -0.25) is 4.99 Å². The second kappa shape index (κ2) is 12.3. The van der Waals surface area contributed by atoms with E-state index in [1.165, 1.54) is 0 Å². The van der Waals surface area contributed by atoms with Gasteiger partial charge < -0.3 is 13.9 Å². The lowest BCUT2D eigenvalue weighted by molar-refractivity contribution is 0.473. The Labute approximate surface area is 315 Å². The molecule has 0 atom stereocenters. The third-order valence-electron chi connectivity index (χ3n) is 10.3. The first-order valence-electron chi connectivity index (χ1n) is 18.0. The second-order valence-electron chi connectivity index (χ2n) is 14.7. The zero-order chi connectivity index (χ0) is 36.6. The van der Waals surface area contributed by atoms with Gasteiger partial charge in [0.05, 0.1) is 15.9 Å². The number of hydrogen-bond donors (Lipinski definition) is 1. The second-order valence-corrected chi connectivity index (χ2v) is 15.7. The summed E-state index contributed by atoms with van der Waals surface area (Å²) >= 11 is 1.64. The van der Waals surface area contributed by atoms with E-state index in [0.717, 1.165) is 98.2 Å². The first-order valence-corrected chi connectivity index (χ1v) is 18.9. The minimum atomic E-state index is -0.0655. The van der Waals surface area contributed by atoms with Crippen molar-refractivity contribution in [2.75, 3.05) is 0 Å². The average Bonchev–Trinajstić information content (AvgIpc) is 3.91. The van der Waals surface area contributed by atoms with Crippen LogP contribution in [0.1, 0.15) is 31.9 Å². The summed E-state index contributed by atoms with van der Waals surface area (Å²) in [5.41, 5.74) is 11.7. The van der Waals surface area contributed by atoms with Crippen molar-refractivity contribution in [2.24, 2.45) is 4.99 Å². The fourth-order valence-corrected chi connectivity index (χ4v) is 8.65. The summed E-state index contributed by atoms with van der Waals surface area (Å²) < 4.78 is 14.1. The normalized spacial score (nSPS) is 12.4. The molecular formula is C48H34N2O3S. The molecule has 0 spiro atoms. The van der Waals surface area contributed by atoms with Crippen LogP contribution >= 0.6 is 11.3 Å². The van der Waals surface area contributed by atoms with Crippen molar-refractivity contribution in [3.05, 3.63) is 151 Å². The van der Waals surface area contributed by atoms with Gasteiger partial charge >= 0.3 is 0 Å². The van der Waals surface area contributed by atoms with E-state index in [-0.39, 0.29) is 11.2 Å². The molecule has 0 saturated heterocycles. The number of aromatic hydroxyl groups is 1. The summed E-state index contributed by atoms with van der Waals surface area (Å²) in [6.45, 7) is 6.48. The molecule has 7 aromatic carbocycles. The number of rotatable bonds is 5. The molecular weight excluding hydrogens is 685 g/mol. The largest absolute Gasteiger partial charge is 0.507 e. The lowest BCUT2D eigenvalue weighted by Gasteiger charge is -2.19. The number of thiazole rings is 1. The number of aliphatic imine (C=N–C) groups is 1. The highest BCUT2D eigenvalue weighted by atomic mass is 32.1. The molecule has 5 nitrogen and oxygen atoms in total. The Balaban J connectivity index is 1.20. The van der Waals surface area contributed by atoms with Crippen LogP contribution in [0.4, 0.5) is 5.69 Å². The van der Waals surface area contributed by atoms with E-state index >= 15 is 0 Å². The smallest absolute Gasteiger partial charge is 0.143 e. The van der Waals surface area contributed by atoms with Crippen LogP contribution in [0, 0.1) is 0 Å². The molecule has 0 amide bonds. The predicted octanol–water partition coefficient (Wildman–Crippen LogP) is 13.8. The van der Waals surface area contributed by atoms with Gasteiger partial charge in [-0.25, -0.2) is 4.98 Å². The van der Waals surface area contributed by atoms with Crippen molar-refractivity contribution in [1.82, 2.24) is 4.98 Å². The topological polar surface area (TPSA) is 71.8 Å². The molecule has 10 aromatic rings. The number of fused-ring (bicyclic) bond motifs is 7. The van der Waals surface area contributed by atoms with E-state index in [4.69, 9.17) is 18.8 Å². The van der Waals surface area contributed by atoms with Crippen LogP contribution < -0.4 is 0 Å². The first kappa shape index (κ1) is 32.2. The number of para-hydroxylation sites is 5. The van der Waals surface area contributed by atoms with E-state index in [1.54, 1.807) is 23.6 Å². The Kier molecular flexibility index (Phi) is 7.32. The van der Waals surface area contributed by atoms with E-state index in [1.807, 2.05) is 66.7 Å². The van der Waals surface area contributed by atoms with Crippen LogP contribution in [-0.2, 0) is 5.41 Å². The highest BCUT2D eigenvalue weighted by Gasteiger charge is 2.22. The molecule has 3 heterocycles. The van der Waals surface area contributed by atoms with Crippen LogP contribution in [0.15, 0.2) is 153 Å². The highest BCUT2D eigenvalue weighted by molar-refractivity contribution is 7.22. The fraction of sp³-hybridized carbons (Fsp3) is 0.0833. The molecule has 0 bridgehead atoms. The zero-order valence-corrected chi connectivity index (χ0v) is 30.7. The molecule has 54 heavy (non-hydrogen) atoms. The van der Waals surface area contributed by atoms with Gasteiger partial charge in [-0.2, -0.15) is 0 Å². The Hall–Kier alpha value is -6.50. The van der Waals surface area contributed by atoms with Gasteiger partial charge in [0, 0.05) is 61.1 Å². The molecule has 6 heteroatoms. The van der Waals surface area contributed by atoms with Crippen LogP contribution in [0.5, 0.6) is 5.75 Å². The Bertz CT molecular complexity index is 2970. The van der Waals surface area contributed by atoms with Crippen molar-refractivity contribution in [2.45, 2.75) is 26.2 Å². The summed E-state index contributed by atoms with van der Waals surface area (Å²) in [7, 11) is 0. The Morgan fingerprint density at radius 3 is 1.85 bits per heavy atom. The minimum absolute atomic E-state index is 0.0655. The average molecular weight is 719 g/mol. The van der Waals surface area contributed by atoms with Crippen molar-refractivity contribution in [3.63, 3.8) is 0 Å². The molecule has 1 N–H and O–H groups in total. The zero-order valence-electron chi connectivity index (χ0n) is 29.9. The molecule has 0 radical (unpaired) electrons. The maximum atomic E-state index is 10.8. The maximum absolute atomic E-state index is 10.8. The summed E-state index contributed by atoms with van der Waals surface area (Å²) in [5, 5.41) is 15.9. The number of aromatic nitrogens is 1. The van der Waals surface area contributed by atoms with Gasteiger partial charge in [-0.1, -0.05) is 124 Å². The van der Waals surface area contributed by atoms with Gasteiger partial charge in [-0.05, 0) is 47.4 Å². The van der Waals surface area contributed by atoms with Crippen LogP contribution in [-0.4, -0.2) is 16.3 Å². The summed E-state index contributed by atoms with van der Waals surface area (Å²) in [6.07, 6.45) is 1.75. The van der Waals surface area contributed by atoms with E-state index < -0.39 is 0 Å². The monoisotopic (exact) mass is 718 g/mol. The number of phenolic OH excluding ortho intramolecular Hbond substituents is 1. The molecule has 0 fully saturated rings. The van der Waals surface area contributed by atoms with E-state index in [9.17, 15) is 5.11 Å². The van der Waals surface area contributed by atoms with E-state index in [0.29, 0.717) is 5.56 Å². The number of benzene rings is 7. The molecule has 3 aromatic heterocycles. The third-order valence-corrected chi connectivity index (χ3v) is 11.4. The summed E-state index contributed by atoms with van der Waals surface area (Å²) in [6, 6.07) is 47.2. The first-order chi connectivity index (χ1) is 26.3. The van der Waals surface area contributed by atoms with Gasteiger partial charge in [0.25, 0.3) is 0 Å². The molecule has 0 unspecified atom stereocenters. The number of phenols is 1. The van der Waals surface area contributed by atoms with Crippen molar-refractivity contribution in [1.29, 1.82) is 0 Å². The van der Waals surface area contributed by atoms with Crippen molar-refractivity contribution in [3.8, 4) is 38.6 Å². The number of nitrogens with zero attached hydrogens (tertiary/aromatic N) is 2. The SMILES string of the molecule is CC(C)(C)c1ccc(O)c(C=Nc2ccccc2-c2nc3c(-c4cccc5c4oc4ccccc45)ccc(-c4cccc5c4oc4ccccc45)c3s2)c1. The number of furan rings is 2. The van der Waals surface area contributed by atoms with Crippen molar-refractivity contribution < 1.29 is 13.9 Å². The van der Waals surface area contributed by atoms with Crippen molar-refractivity contribution >= 4 is 77.3 Å². The van der Waals surface area contributed by atoms with Gasteiger partial charge in [0.2, 0.25) is 0 Å². The molecule has 0 aliphatic heterocycles. The predicted molar refractivity (Wildman–Crippen MR) is 225 cm³/mol. The lowest BCUT2D eigenvalue weighted by Crippen LogP contribution is -2.11. The molecule has 0 aliphatic rings. The quantitative estimate of drug-likeness (QED) is 0.180. The molecule has 0 aliphatic carbocycles. The highest BCUT2D eigenvalue weighted by Crippen LogP contribution is 2.47. The minimum Gasteiger partial charge on any atom is -0.507 e. The summed E-state index contributed by atoms with van der Waals surface area (Å²) in [4.78, 5) is 10.4. The van der Waals surface area contributed by atoms with Gasteiger partial charge in [0.1, 0.15) is 33.1 Å². The number of hydrogen-bond acceptors (Lipinski definition) is 6. The molecule has 10 rings (SSSR count).